The summed E-state index contributed by atoms with van der Waals surface area (Å²) in [7, 11) is 0. The molecule has 7 heteroatoms. The zero-order valence-corrected chi connectivity index (χ0v) is 19.4. The maximum absolute atomic E-state index is 12.7. The molecule has 4 rings (SSSR count). The van der Waals surface area contributed by atoms with E-state index >= 15 is 0 Å². The quantitative estimate of drug-likeness (QED) is 0.341. The van der Waals surface area contributed by atoms with Gasteiger partial charge in [0.1, 0.15) is 16.5 Å². The van der Waals surface area contributed by atoms with Gasteiger partial charge in [-0.1, -0.05) is 48.0 Å². The highest BCUT2D eigenvalue weighted by Crippen LogP contribution is 2.29. The maximum Gasteiger partial charge on any atom is 0.349 e. The molecule has 4 aromatic rings. The third-order valence-electron chi connectivity index (χ3n) is 4.89. The highest BCUT2D eigenvalue weighted by molar-refractivity contribution is 7.12. The summed E-state index contributed by atoms with van der Waals surface area (Å²) in [6.45, 7) is 4.05. The SMILES string of the molecule is Cc1ccc(-c2ccsc2C(=O)OCc2csc(CC(=O)Nc3ccccc3C)n2)cc1. The Morgan fingerprint density at radius 2 is 1.78 bits per heavy atom. The van der Waals surface area contributed by atoms with Crippen LogP contribution in [0.25, 0.3) is 11.1 Å². The van der Waals surface area contributed by atoms with Crippen LogP contribution >= 0.6 is 22.7 Å². The van der Waals surface area contributed by atoms with Gasteiger partial charge in [0, 0.05) is 16.6 Å². The number of benzene rings is 2. The predicted octanol–water partition coefficient (Wildman–Crippen LogP) is 6.03. The van der Waals surface area contributed by atoms with Gasteiger partial charge < -0.3 is 10.1 Å². The molecule has 2 aromatic heterocycles. The molecule has 2 heterocycles. The van der Waals surface area contributed by atoms with Gasteiger partial charge in [0.2, 0.25) is 5.91 Å². The van der Waals surface area contributed by atoms with E-state index in [1.165, 1.54) is 28.2 Å². The molecule has 162 valence electrons. The van der Waals surface area contributed by atoms with Crippen LogP contribution in [0.1, 0.15) is 31.5 Å². The van der Waals surface area contributed by atoms with Crippen molar-refractivity contribution < 1.29 is 14.3 Å². The van der Waals surface area contributed by atoms with Crippen LogP contribution in [0.5, 0.6) is 0 Å². The molecule has 0 bridgehead atoms. The van der Waals surface area contributed by atoms with Crippen molar-refractivity contribution in [3.63, 3.8) is 0 Å². The number of hydrogen-bond donors (Lipinski definition) is 1. The minimum Gasteiger partial charge on any atom is -0.455 e. The summed E-state index contributed by atoms with van der Waals surface area (Å²) in [6.07, 6.45) is 0.176. The van der Waals surface area contributed by atoms with Crippen LogP contribution < -0.4 is 5.32 Å². The van der Waals surface area contributed by atoms with Crippen molar-refractivity contribution >= 4 is 40.2 Å². The Morgan fingerprint density at radius 3 is 2.56 bits per heavy atom. The number of aromatic nitrogens is 1. The molecule has 0 fully saturated rings. The molecule has 32 heavy (non-hydrogen) atoms. The van der Waals surface area contributed by atoms with Crippen LogP contribution in [-0.2, 0) is 22.6 Å². The molecule has 0 unspecified atom stereocenters. The van der Waals surface area contributed by atoms with Crippen molar-refractivity contribution in [3.05, 3.63) is 92.1 Å². The zero-order valence-electron chi connectivity index (χ0n) is 17.8. The number of rotatable bonds is 7. The Balaban J connectivity index is 1.34. The second kappa shape index (κ2) is 9.89. The van der Waals surface area contributed by atoms with E-state index < -0.39 is 0 Å². The smallest absolute Gasteiger partial charge is 0.349 e. The van der Waals surface area contributed by atoms with E-state index in [0.717, 1.165) is 22.4 Å². The molecule has 0 aliphatic heterocycles. The van der Waals surface area contributed by atoms with E-state index in [0.29, 0.717) is 15.6 Å². The van der Waals surface area contributed by atoms with Crippen molar-refractivity contribution in [2.45, 2.75) is 26.9 Å². The summed E-state index contributed by atoms with van der Waals surface area (Å²) < 4.78 is 5.50. The van der Waals surface area contributed by atoms with Gasteiger partial charge in [-0.15, -0.1) is 22.7 Å². The number of nitrogens with one attached hydrogen (secondary N) is 1. The number of esters is 1. The molecule has 5 nitrogen and oxygen atoms in total. The number of ether oxygens (including phenoxy) is 1. The molecule has 0 atom stereocenters. The molecule has 0 spiro atoms. The minimum absolute atomic E-state index is 0.0694. The summed E-state index contributed by atoms with van der Waals surface area (Å²) in [6, 6.07) is 17.6. The number of carbonyl (C=O) groups is 2. The van der Waals surface area contributed by atoms with Gasteiger partial charge in [-0.3, -0.25) is 4.79 Å². The lowest BCUT2D eigenvalue weighted by Crippen LogP contribution is -2.15. The van der Waals surface area contributed by atoms with Crippen molar-refractivity contribution in [2.24, 2.45) is 0 Å². The van der Waals surface area contributed by atoms with Crippen molar-refractivity contribution in [3.8, 4) is 11.1 Å². The summed E-state index contributed by atoms with van der Waals surface area (Å²) in [5.41, 5.74) is 5.46. The van der Waals surface area contributed by atoms with Crippen LogP contribution in [0, 0.1) is 13.8 Å². The molecule has 0 radical (unpaired) electrons. The Hall–Kier alpha value is -3.29. The van der Waals surface area contributed by atoms with E-state index in [-0.39, 0.29) is 24.9 Å². The predicted molar refractivity (Wildman–Crippen MR) is 129 cm³/mol. The lowest BCUT2D eigenvalue weighted by atomic mass is 10.1. The summed E-state index contributed by atoms with van der Waals surface area (Å²) in [5, 5.41) is 7.29. The van der Waals surface area contributed by atoms with Gasteiger partial charge in [-0.2, -0.15) is 0 Å². The van der Waals surface area contributed by atoms with Crippen LogP contribution in [0.2, 0.25) is 0 Å². The number of anilines is 1. The first-order valence-electron chi connectivity index (χ1n) is 10.1. The first kappa shape index (κ1) is 21.9. The van der Waals surface area contributed by atoms with E-state index in [4.69, 9.17) is 4.74 Å². The summed E-state index contributed by atoms with van der Waals surface area (Å²) >= 11 is 2.74. The van der Waals surface area contributed by atoms with E-state index in [9.17, 15) is 9.59 Å². The number of carbonyl (C=O) groups excluding carboxylic acids is 2. The van der Waals surface area contributed by atoms with Crippen LogP contribution in [0.4, 0.5) is 5.69 Å². The second-order valence-corrected chi connectivity index (χ2v) is 9.24. The highest BCUT2D eigenvalue weighted by Gasteiger charge is 2.17. The molecular formula is C25H22N2O3S2. The highest BCUT2D eigenvalue weighted by atomic mass is 32.1. The first-order valence-corrected chi connectivity index (χ1v) is 11.9. The molecule has 0 saturated heterocycles. The average molecular weight is 463 g/mol. The summed E-state index contributed by atoms with van der Waals surface area (Å²) in [4.78, 5) is 30.0. The van der Waals surface area contributed by atoms with Crippen molar-refractivity contribution in [2.75, 3.05) is 5.32 Å². The maximum atomic E-state index is 12.7. The van der Waals surface area contributed by atoms with E-state index in [2.05, 4.69) is 10.3 Å². The molecular weight excluding hydrogens is 440 g/mol. The molecule has 1 amide bonds. The number of thiophene rings is 1. The van der Waals surface area contributed by atoms with Gasteiger partial charge >= 0.3 is 5.97 Å². The molecule has 0 aliphatic rings. The number of nitrogens with zero attached hydrogens (tertiary/aromatic N) is 1. The third kappa shape index (κ3) is 5.30. The number of para-hydroxylation sites is 1. The lowest BCUT2D eigenvalue weighted by Gasteiger charge is -2.07. The van der Waals surface area contributed by atoms with E-state index in [1.54, 1.807) is 0 Å². The normalized spacial score (nSPS) is 10.7. The first-order chi connectivity index (χ1) is 15.5. The fraction of sp³-hybridized carbons (Fsp3) is 0.160. The van der Waals surface area contributed by atoms with E-state index in [1.807, 2.05) is 79.2 Å². The second-order valence-electron chi connectivity index (χ2n) is 7.38. The van der Waals surface area contributed by atoms with Gasteiger partial charge in [-0.05, 0) is 42.5 Å². The molecule has 0 saturated carbocycles. The lowest BCUT2D eigenvalue weighted by molar-refractivity contribution is -0.115. The molecule has 2 aromatic carbocycles. The standard InChI is InChI=1S/C25H22N2O3S2/c1-16-7-9-18(10-8-16)20-11-12-31-24(20)25(29)30-14-19-15-32-23(26-19)13-22(28)27-21-6-4-3-5-17(21)2/h3-12,15H,13-14H2,1-2H3,(H,27,28). The average Bonchev–Trinajstić information content (AvgIpc) is 3.44. The summed E-state index contributed by atoms with van der Waals surface area (Å²) in [5.74, 6) is -0.499. The largest absolute Gasteiger partial charge is 0.455 e. The number of amides is 1. The number of aryl methyl sites for hydroxylation is 2. The Labute approximate surface area is 194 Å². The van der Waals surface area contributed by atoms with Crippen LogP contribution in [0.15, 0.2) is 65.4 Å². The van der Waals surface area contributed by atoms with Crippen molar-refractivity contribution in [1.29, 1.82) is 0 Å². The molecule has 1 N–H and O–H groups in total. The Kier molecular flexibility index (Phi) is 6.78. The van der Waals surface area contributed by atoms with Crippen LogP contribution in [0.3, 0.4) is 0 Å². The van der Waals surface area contributed by atoms with Gasteiger partial charge in [0.25, 0.3) is 0 Å². The number of thiazole rings is 1. The van der Waals surface area contributed by atoms with Gasteiger partial charge in [0.05, 0.1) is 12.1 Å². The Bertz CT molecular complexity index is 1240. The number of hydrogen-bond acceptors (Lipinski definition) is 6. The minimum atomic E-state index is -0.373. The fourth-order valence-electron chi connectivity index (χ4n) is 3.17. The topological polar surface area (TPSA) is 68.3 Å². The van der Waals surface area contributed by atoms with Gasteiger partial charge in [-0.25, -0.2) is 9.78 Å². The Morgan fingerprint density at radius 1 is 1.00 bits per heavy atom. The monoisotopic (exact) mass is 462 g/mol. The zero-order chi connectivity index (χ0) is 22.5. The van der Waals surface area contributed by atoms with Crippen LogP contribution in [-0.4, -0.2) is 16.9 Å². The third-order valence-corrected chi connectivity index (χ3v) is 6.69. The molecule has 0 aliphatic carbocycles. The fourth-order valence-corrected chi connectivity index (χ4v) is 4.76. The van der Waals surface area contributed by atoms with Crippen molar-refractivity contribution in [1.82, 2.24) is 4.98 Å². The van der Waals surface area contributed by atoms with Gasteiger partial charge in [0.15, 0.2) is 0 Å².